The summed E-state index contributed by atoms with van der Waals surface area (Å²) >= 11 is 5.91. The van der Waals surface area contributed by atoms with Gasteiger partial charge in [0.25, 0.3) is 0 Å². The van der Waals surface area contributed by atoms with Gasteiger partial charge in [-0.2, -0.15) is 4.31 Å². The number of sulfonamides is 1. The molecule has 27 heavy (non-hydrogen) atoms. The van der Waals surface area contributed by atoms with Crippen LogP contribution >= 0.6 is 11.6 Å². The maximum Gasteiger partial charge on any atom is 0.246 e. The monoisotopic (exact) mass is 404 g/mol. The molecule has 0 N–H and O–H groups in total. The summed E-state index contributed by atoms with van der Waals surface area (Å²) < 4.78 is 26.9. The summed E-state index contributed by atoms with van der Waals surface area (Å²) in [4.78, 5) is 14.4. The van der Waals surface area contributed by atoms with Crippen molar-refractivity contribution in [2.45, 2.75) is 11.8 Å². The SMILES string of the molecule is C/C(=C/C(=O)N1CCN(S(=O)(=O)c2cccc(Cl)c2)CC1)c1ccccc1. The largest absolute Gasteiger partial charge is 0.337 e. The molecule has 142 valence electrons. The number of carbonyl (C=O) groups is 1. The average molecular weight is 405 g/mol. The van der Waals surface area contributed by atoms with E-state index < -0.39 is 10.0 Å². The first kappa shape index (κ1) is 19.6. The van der Waals surface area contributed by atoms with Crippen molar-refractivity contribution in [3.8, 4) is 0 Å². The van der Waals surface area contributed by atoms with E-state index in [-0.39, 0.29) is 23.9 Å². The molecule has 2 aromatic carbocycles. The smallest absolute Gasteiger partial charge is 0.246 e. The minimum atomic E-state index is -3.60. The lowest BCUT2D eigenvalue weighted by Gasteiger charge is -2.33. The van der Waals surface area contributed by atoms with Crippen LogP contribution in [0.1, 0.15) is 12.5 Å². The van der Waals surface area contributed by atoms with Gasteiger partial charge in [0.15, 0.2) is 0 Å². The third-order valence-electron chi connectivity index (χ3n) is 4.55. The highest BCUT2D eigenvalue weighted by atomic mass is 35.5. The Bertz CT molecular complexity index is 950. The summed E-state index contributed by atoms with van der Waals surface area (Å²) in [5.41, 5.74) is 1.88. The number of hydrogen-bond acceptors (Lipinski definition) is 3. The molecule has 1 aliphatic heterocycles. The normalized spacial score (nSPS) is 16.4. The molecule has 2 aromatic rings. The van der Waals surface area contributed by atoms with E-state index in [1.807, 2.05) is 37.3 Å². The van der Waals surface area contributed by atoms with Crippen LogP contribution in [-0.2, 0) is 14.8 Å². The predicted molar refractivity (Wildman–Crippen MR) is 107 cm³/mol. The van der Waals surface area contributed by atoms with Crippen LogP contribution in [-0.4, -0.2) is 49.7 Å². The van der Waals surface area contributed by atoms with E-state index in [0.29, 0.717) is 18.1 Å². The van der Waals surface area contributed by atoms with Gasteiger partial charge in [0.05, 0.1) is 4.90 Å². The van der Waals surface area contributed by atoms with Gasteiger partial charge in [-0.05, 0) is 36.3 Å². The molecule has 1 heterocycles. The zero-order valence-electron chi connectivity index (χ0n) is 15.0. The van der Waals surface area contributed by atoms with Crippen molar-refractivity contribution in [2.75, 3.05) is 26.2 Å². The molecule has 5 nitrogen and oxygen atoms in total. The fourth-order valence-electron chi connectivity index (χ4n) is 2.99. The molecule has 0 aromatic heterocycles. The third-order valence-corrected chi connectivity index (χ3v) is 6.68. The first-order chi connectivity index (χ1) is 12.9. The highest BCUT2D eigenvalue weighted by molar-refractivity contribution is 7.89. The standard InChI is InChI=1S/C20H21ClN2O3S/c1-16(17-6-3-2-4-7-17)14-20(24)22-10-12-23(13-11-22)27(25,26)19-9-5-8-18(21)15-19/h2-9,14-15H,10-13H2,1H3/b16-14-. The summed E-state index contributed by atoms with van der Waals surface area (Å²) in [5, 5.41) is 0.381. The van der Waals surface area contributed by atoms with E-state index in [1.165, 1.54) is 16.4 Å². The fraction of sp³-hybridized carbons (Fsp3) is 0.250. The van der Waals surface area contributed by atoms with Gasteiger partial charge in [-0.25, -0.2) is 8.42 Å². The molecule has 0 radical (unpaired) electrons. The number of amides is 1. The van der Waals surface area contributed by atoms with Gasteiger partial charge in [0.1, 0.15) is 0 Å². The number of allylic oxidation sites excluding steroid dienone is 1. The predicted octanol–water partition coefficient (Wildman–Crippen LogP) is 3.28. The van der Waals surface area contributed by atoms with Crippen molar-refractivity contribution < 1.29 is 13.2 Å². The first-order valence-electron chi connectivity index (χ1n) is 8.66. The highest BCUT2D eigenvalue weighted by Gasteiger charge is 2.29. The Morgan fingerprint density at radius 1 is 1.00 bits per heavy atom. The molecular weight excluding hydrogens is 384 g/mol. The summed E-state index contributed by atoms with van der Waals surface area (Å²) in [7, 11) is -3.60. The van der Waals surface area contributed by atoms with Crippen molar-refractivity contribution >= 4 is 33.1 Å². The van der Waals surface area contributed by atoms with Crippen molar-refractivity contribution in [3.05, 3.63) is 71.3 Å². The molecule has 1 amide bonds. The molecule has 3 rings (SSSR count). The van der Waals surface area contributed by atoms with E-state index in [2.05, 4.69) is 0 Å². The topological polar surface area (TPSA) is 57.7 Å². The van der Waals surface area contributed by atoms with E-state index in [9.17, 15) is 13.2 Å². The van der Waals surface area contributed by atoms with Gasteiger partial charge in [-0.15, -0.1) is 0 Å². The van der Waals surface area contributed by atoms with Crippen LogP contribution in [0.3, 0.4) is 0 Å². The van der Waals surface area contributed by atoms with Crippen LogP contribution in [0.4, 0.5) is 0 Å². The minimum absolute atomic E-state index is 0.101. The molecule has 0 bridgehead atoms. The van der Waals surface area contributed by atoms with E-state index >= 15 is 0 Å². The maximum atomic E-state index is 12.7. The molecule has 0 spiro atoms. The van der Waals surface area contributed by atoms with Gasteiger partial charge >= 0.3 is 0 Å². The van der Waals surface area contributed by atoms with Gasteiger partial charge in [-0.3, -0.25) is 4.79 Å². The van der Waals surface area contributed by atoms with E-state index in [1.54, 1.807) is 23.1 Å². The highest BCUT2D eigenvalue weighted by Crippen LogP contribution is 2.21. The van der Waals surface area contributed by atoms with Crippen molar-refractivity contribution in [3.63, 3.8) is 0 Å². The quantitative estimate of drug-likeness (QED) is 0.735. The van der Waals surface area contributed by atoms with E-state index in [0.717, 1.165) is 11.1 Å². The Labute approximate surface area is 164 Å². The number of rotatable bonds is 4. The van der Waals surface area contributed by atoms with Crippen LogP contribution < -0.4 is 0 Å². The Hall–Kier alpha value is -2.15. The van der Waals surface area contributed by atoms with E-state index in [4.69, 9.17) is 11.6 Å². The molecule has 1 saturated heterocycles. The van der Waals surface area contributed by atoms with Crippen LogP contribution in [0.5, 0.6) is 0 Å². The molecule has 0 saturated carbocycles. The first-order valence-corrected chi connectivity index (χ1v) is 10.5. The Morgan fingerprint density at radius 3 is 2.30 bits per heavy atom. The van der Waals surface area contributed by atoms with Crippen LogP contribution in [0.25, 0.3) is 5.57 Å². The maximum absolute atomic E-state index is 12.7. The van der Waals surface area contributed by atoms with Crippen molar-refractivity contribution in [1.82, 2.24) is 9.21 Å². The lowest BCUT2D eigenvalue weighted by Crippen LogP contribution is -2.50. The molecule has 7 heteroatoms. The number of benzene rings is 2. The molecule has 0 aliphatic carbocycles. The zero-order chi connectivity index (χ0) is 19.4. The second kappa shape index (κ2) is 8.25. The van der Waals surface area contributed by atoms with Crippen molar-refractivity contribution in [1.29, 1.82) is 0 Å². The minimum Gasteiger partial charge on any atom is -0.337 e. The van der Waals surface area contributed by atoms with Crippen LogP contribution in [0.15, 0.2) is 65.6 Å². The molecule has 0 unspecified atom stereocenters. The second-order valence-corrected chi connectivity index (χ2v) is 8.75. The Kier molecular flexibility index (Phi) is 5.99. The molecule has 1 aliphatic rings. The average Bonchev–Trinajstić information content (AvgIpc) is 2.68. The number of nitrogens with zero attached hydrogens (tertiary/aromatic N) is 2. The Balaban J connectivity index is 1.66. The summed E-state index contributed by atoms with van der Waals surface area (Å²) in [5.74, 6) is -0.101. The van der Waals surface area contributed by atoms with Crippen LogP contribution in [0, 0.1) is 0 Å². The second-order valence-electron chi connectivity index (χ2n) is 6.38. The van der Waals surface area contributed by atoms with Gasteiger partial charge in [-0.1, -0.05) is 48.0 Å². The number of carbonyl (C=O) groups excluding carboxylic acids is 1. The number of halogens is 1. The number of hydrogen-bond donors (Lipinski definition) is 0. The van der Waals surface area contributed by atoms with Gasteiger partial charge in [0, 0.05) is 37.3 Å². The summed E-state index contributed by atoms with van der Waals surface area (Å²) in [6, 6.07) is 15.9. The lowest BCUT2D eigenvalue weighted by atomic mass is 10.1. The summed E-state index contributed by atoms with van der Waals surface area (Å²) in [6.07, 6.45) is 1.61. The summed E-state index contributed by atoms with van der Waals surface area (Å²) in [6.45, 7) is 3.14. The van der Waals surface area contributed by atoms with Gasteiger partial charge in [0.2, 0.25) is 15.9 Å². The van der Waals surface area contributed by atoms with Crippen LogP contribution in [0.2, 0.25) is 5.02 Å². The number of piperazine rings is 1. The Morgan fingerprint density at radius 2 is 1.67 bits per heavy atom. The zero-order valence-corrected chi connectivity index (χ0v) is 16.6. The molecular formula is C20H21ClN2O3S. The van der Waals surface area contributed by atoms with Gasteiger partial charge < -0.3 is 4.90 Å². The fourth-order valence-corrected chi connectivity index (χ4v) is 4.71. The lowest BCUT2D eigenvalue weighted by molar-refractivity contribution is -0.127. The molecule has 0 atom stereocenters. The molecule has 1 fully saturated rings. The van der Waals surface area contributed by atoms with Crippen molar-refractivity contribution in [2.24, 2.45) is 0 Å². The third kappa shape index (κ3) is 4.58.